The summed E-state index contributed by atoms with van der Waals surface area (Å²) in [5.74, 6) is -0.293. The van der Waals surface area contributed by atoms with Gasteiger partial charge >= 0.3 is 0 Å². The van der Waals surface area contributed by atoms with Crippen LogP contribution in [0.2, 0.25) is 0 Å². The molecule has 0 saturated heterocycles. The van der Waals surface area contributed by atoms with Crippen LogP contribution in [0.5, 0.6) is 0 Å². The number of nitro groups is 1. The number of nitrogens with zero attached hydrogens (tertiary/aromatic N) is 1. The quantitative estimate of drug-likeness (QED) is 0.527. The van der Waals surface area contributed by atoms with Crippen LogP contribution in [-0.4, -0.2) is 22.2 Å². The van der Waals surface area contributed by atoms with Gasteiger partial charge in [-0.05, 0) is 19.9 Å². The Kier molecular flexibility index (Phi) is 4.62. The Morgan fingerprint density at radius 1 is 1.59 bits per heavy atom. The van der Waals surface area contributed by atoms with E-state index in [1.54, 1.807) is 13.0 Å². The Balaban J connectivity index is 3.02. The fraction of sp³-hybridized carbons (Fsp3) is 0.364. The zero-order valence-electron chi connectivity index (χ0n) is 9.57. The Labute approximate surface area is 107 Å². The summed E-state index contributed by atoms with van der Waals surface area (Å²) in [5.41, 5.74) is 0.688. The van der Waals surface area contributed by atoms with Gasteiger partial charge < -0.3 is 5.32 Å². The summed E-state index contributed by atoms with van der Waals surface area (Å²) in [6, 6.07) is 4.46. The molecule has 0 fully saturated rings. The fourth-order valence-electron chi connectivity index (χ4n) is 1.41. The van der Waals surface area contributed by atoms with Crippen LogP contribution in [0.4, 0.5) is 5.69 Å². The summed E-state index contributed by atoms with van der Waals surface area (Å²) < 4.78 is 0. The molecule has 1 N–H and O–H groups in total. The predicted octanol–water partition coefficient (Wildman–Crippen LogP) is 2.42. The van der Waals surface area contributed by atoms with Crippen LogP contribution in [0.1, 0.15) is 22.8 Å². The van der Waals surface area contributed by atoms with Crippen molar-refractivity contribution < 1.29 is 9.72 Å². The maximum absolute atomic E-state index is 11.9. The second-order valence-corrected chi connectivity index (χ2v) is 4.38. The molecule has 0 aliphatic heterocycles. The number of carbonyl (C=O) groups excluding carboxylic acids is 1. The SMILES string of the molecule is Cc1c(C(=O)NC(C)CBr)cccc1[N+](=O)[O-]. The first-order chi connectivity index (χ1) is 7.97. The van der Waals surface area contributed by atoms with Gasteiger partial charge in [-0.2, -0.15) is 0 Å². The summed E-state index contributed by atoms with van der Waals surface area (Å²) in [4.78, 5) is 22.1. The van der Waals surface area contributed by atoms with Crippen LogP contribution in [0, 0.1) is 17.0 Å². The van der Waals surface area contributed by atoms with E-state index in [4.69, 9.17) is 0 Å². The molecule has 0 spiro atoms. The molecule has 1 rings (SSSR count). The predicted molar refractivity (Wildman–Crippen MR) is 68.6 cm³/mol. The number of alkyl halides is 1. The number of hydrogen-bond donors (Lipinski definition) is 1. The monoisotopic (exact) mass is 300 g/mol. The highest BCUT2D eigenvalue weighted by Crippen LogP contribution is 2.20. The van der Waals surface area contributed by atoms with Crippen molar-refractivity contribution in [3.8, 4) is 0 Å². The van der Waals surface area contributed by atoms with Crippen molar-refractivity contribution in [3.63, 3.8) is 0 Å². The lowest BCUT2D eigenvalue weighted by atomic mass is 10.1. The zero-order valence-corrected chi connectivity index (χ0v) is 11.2. The van der Waals surface area contributed by atoms with E-state index in [1.165, 1.54) is 12.1 Å². The minimum Gasteiger partial charge on any atom is -0.349 e. The van der Waals surface area contributed by atoms with Crippen LogP contribution in [0.3, 0.4) is 0 Å². The summed E-state index contributed by atoms with van der Waals surface area (Å²) in [6.45, 7) is 3.42. The second-order valence-electron chi connectivity index (χ2n) is 3.74. The third-order valence-corrected chi connectivity index (χ3v) is 3.33. The lowest BCUT2D eigenvalue weighted by Crippen LogP contribution is -2.34. The van der Waals surface area contributed by atoms with Crippen molar-refractivity contribution >= 4 is 27.5 Å². The Hall–Kier alpha value is -1.43. The first-order valence-electron chi connectivity index (χ1n) is 5.08. The molecule has 0 aliphatic carbocycles. The largest absolute Gasteiger partial charge is 0.349 e. The van der Waals surface area contributed by atoms with Gasteiger partial charge in [-0.3, -0.25) is 14.9 Å². The number of hydrogen-bond acceptors (Lipinski definition) is 3. The third kappa shape index (κ3) is 3.26. The molecule has 17 heavy (non-hydrogen) atoms. The van der Waals surface area contributed by atoms with Crippen molar-refractivity contribution in [2.45, 2.75) is 19.9 Å². The van der Waals surface area contributed by atoms with Crippen LogP contribution >= 0.6 is 15.9 Å². The Morgan fingerprint density at radius 3 is 2.76 bits per heavy atom. The van der Waals surface area contributed by atoms with Crippen LogP contribution < -0.4 is 5.32 Å². The summed E-state index contributed by atoms with van der Waals surface area (Å²) >= 11 is 3.25. The highest BCUT2D eigenvalue weighted by Gasteiger charge is 2.18. The van der Waals surface area contributed by atoms with Gasteiger partial charge in [-0.1, -0.05) is 22.0 Å². The first kappa shape index (κ1) is 13.6. The Morgan fingerprint density at radius 2 is 2.24 bits per heavy atom. The van der Waals surface area contributed by atoms with Gasteiger partial charge in [-0.25, -0.2) is 0 Å². The van der Waals surface area contributed by atoms with Crippen LogP contribution in [0.15, 0.2) is 18.2 Å². The first-order valence-corrected chi connectivity index (χ1v) is 6.20. The van der Waals surface area contributed by atoms with E-state index in [-0.39, 0.29) is 17.6 Å². The lowest BCUT2D eigenvalue weighted by Gasteiger charge is -2.12. The molecule has 1 atom stereocenters. The molecule has 0 radical (unpaired) electrons. The third-order valence-electron chi connectivity index (χ3n) is 2.36. The minimum absolute atomic E-state index is 0.0267. The van der Waals surface area contributed by atoms with E-state index in [0.29, 0.717) is 16.5 Å². The number of amides is 1. The molecule has 5 nitrogen and oxygen atoms in total. The number of halogens is 1. The molecule has 0 bridgehead atoms. The fourth-order valence-corrected chi connectivity index (χ4v) is 1.57. The van der Waals surface area contributed by atoms with E-state index in [9.17, 15) is 14.9 Å². The molecular formula is C11H13BrN2O3. The maximum Gasteiger partial charge on any atom is 0.273 e. The second kappa shape index (κ2) is 5.77. The van der Waals surface area contributed by atoms with Gasteiger partial charge in [0.1, 0.15) is 0 Å². The number of nitrogens with one attached hydrogen (secondary N) is 1. The summed E-state index contributed by atoms with van der Waals surface area (Å²) in [6.07, 6.45) is 0. The number of benzene rings is 1. The van der Waals surface area contributed by atoms with Crippen molar-refractivity contribution in [1.82, 2.24) is 5.32 Å². The van der Waals surface area contributed by atoms with Gasteiger partial charge in [0, 0.05) is 28.6 Å². The van der Waals surface area contributed by atoms with E-state index in [2.05, 4.69) is 21.2 Å². The van der Waals surface area contributed by atoms with Gasteiger partial charge in [0.2, 0.25) is 0 Å². The number of nitro benzene ring substituents is 1. The molecule has 1 unspecified atom stereocenters. The molecule has 1 aromatic carbocycles. The summed E-state index contributed by atoms with van der Waals surface area (Å²) in [7, 11) is 0. The molecule has 0 aliphatic rings. The standard InChI is InChI=1S/C11H13BrN2O3/c1-7(6-12)13-11(15)9-4-3-5-10(8(9)2)14(16)17/h3-5,7H,6H2,1-2H3,(H,13,15). The summed E-state index contributed by atoms with van der Waals surface area (Å²) in [5, 5.41) is 14.1. The molecule has 1 aromatic rings. The van der Waals surface area contributed by atoms with Gasteiger partial charge in [0.05, 0.1) is 4.92 Å². The normalized spacial score (nSPS) is 11.9. The molecular weight excluding hydrogens is 288 g/mol. The zero-order chi connectivity index (χ0) is 13.0. The molecule has 1 amide bonds. The molecule has 0 heterocycles. The number of rotatable bonds is 4. The van der Waals surface area contributed by atoms with E-state index in [1.807, 2.05) is 6.92 Å². The van der Waals surface area contributed by atoms with E-state index in [0.717, 1.165) is 0 Å². The highest BCUT2D eigenvalue weighted by molar-refractivity contribution is 9.09. The van der Waals surface area contributed by atoms with Crippen molar-refractivity contribution in [2.75, 3.05) is 5.33 Å². The molecule has 0 saturated carbocycles. The van der Waals surface area contributed by atoms with Crippen LogP contribution in [0.25, 0.3) is 0 Å². The Bertz CT molecular complexity index is 448. The van der Waals surface area contributed by atoms with Gasteiger partial charge in [0.25, 0.3) is 11.6 Å². The van der Waals surface area contributed by atoms with Gasteiger partial charge in [0.15, 0.2) is 0 Å². The van der Waals surface area contributed by atoms with Crippen molar-refractivity contribution in [1.29, 1.82) is 0 Å². The van der Waals surface area contributed by atoms with Crippen LogP contribution in [-0.2, 0) is 0 Å². The lowest BCUT2D eigenvalue weighted by molar-refractivity contribution is -0.385. The van der Waals surface area contributed by atoms with Crippen molar-refractivity contribution in [2.24, 2.45) is 0 Å². The molecule has 92 valence electrons. The average molecular weight is 301 g/mol. The molecule has 6 heteroatoms. The smallest absolute Gasteiger partial charge is 0.273 e. The van der Waals surface area contributed by atoms with E-state index < -0.39 is 4.92 Å². The van der Waals surface area contributed by atoms with Gasteiger partial charge in [-0.15, -0.1) is 0 Å². The average Bonchev–Trinajstić information content (AvgIpc) is 2.28. The topological polar surface area (TPSA) is 72.2 Å². The van der Waals surface area contributed by atoms with E-state index >= 15 is 0 Å². The maximum atomic E-state index is 11.9. The minimum atomic E-state index is -0.486. The van der Waals surface area contributed by atoms with Crippen molar-refractivity contribution in [3.05, 3.63) is 39.4 Å². The molecule has 0 aromatic heterocycles. The highest BCUT2D eigenvalue weighted by atomic mass is 79.9. The number of carbonyl (C=O) groups is 1.